The van der Waals surface area contributed by atoms with Crippen molar-refractivity contribution >= 4 is 11.7 Å². The monoisotopic (exact) mass is 324 g/mol. The minimum Gasteiger partial charge on any atom is -0.488 e. The van der Waals surface area contributed by atoms with Gasteiger partial charge in [-0.25, -0.2) is 4.79 Å². The molecule has 0 saturated heterocycles. The summed E-state index contributed by atoms with van der Waals surface area (Å²) < 4.78 is 6.04. The Kier molecular flexibility index (Phi) is 5.72. The Hall–Kier alpha value is -2.49. The smallest absolute Gasteiger partial charge is 0.319 e. The second-order valence-corrected chi connectivity index (χ2v) is 6.14. The molecule has 0 heterocycles. The van der Waals surface area contributed by atoms with Gasteiger partial charge in [-0.15, -0.1) is 0 Å². The van der Waals surface area contributed by atoms with Crippen LogP contribution in [-0.2, 0) is 6.42 Å². The van der Waals surface area contributed by atoms with Gasteiger partial charge in [0.15, 0.2) is 0 Å². The van der Waals surface area contributed by atoms with Crippen LogP contribution in [0.4, 0.5) is 10.5 Å². The summed E-state index contributed by atoms with van der Waals surface area (Å²) >= 11 is 0. The summed E-state index contributed by atoms with van der Waals surface area (Å²) in [6.07, 6.45) is 5.72. The molecule has 4 heteroatoms. The Morgan fingerprint density at radius 2 is 1.71 bits per heavy atom. The number of rotatable bonds is 6. The average Bonchev–Trinajstić information content (AvgIpc) is 3.11. The summed E-state index contributed by atoms with van der Waals surface area (Å²) in [4.78, 5) is 12.1. The minimum absolute atomic E-state index is 0.201. The number of hydrogen-bond donors (Lipinski definition) is 2. The van der Waals surface area contributed by atoms with Crippen LogP contribution >= 0.6 is 0 Å². The predicted molar refractivity (Wildman–Crippen MR) is 96.5 cm³/mol. The molecule has 2 N–H and O–H groups in total. The maximum Gasteiger partial charge on any atom is 0.319 e. The van der Waals surface area contributed by atoms with Gasteiger partial charge in [-0.1, -0.05) is 42.5 Å². The zero-order valence-electron chi connectivity index (χ0n) is 13.8. The molecule has 0 spiro atoms. The summed E-state index contributed by atoms with van der Waals surface area (Å²) in [7, 11) is 0. The number of benzene rings is 2. The van der Waals surface area contributed by atoms with E-state index in [9.17, 15) is 4.79 Å². The Balaban J connectivity index is 1.50. The highest BCUT2D eigenvalue weighted by molar-refractivity contribution is 5.90. The van der Waals surface area contributed by atoms with E-state index in [1.807, 2.05) is 42.5 Å². The molecule has 4 nitrogen and oxygen atoms in total. The van der Waals surface area contributed by atoms with Crippen LogP contribution in [0.5, 0.6) is 5.75 Å². The lowest BCUT2D eigenvalue weighted by Gasteiger charge is -2.17. The zero-order chi connectivity index (χ0) is 16.6. The first kappa shape index (κ1) is 16.4. The normalized spacial score (nSPS) is 14.3. The molecule has 0 radical (unpaired) electrons. The fourth-order valence-corrected chi connectivity index (χ4v) is 2.99. The number of urea groups is 1. The summed E-state index contributed by atoms with van der Waals surface area (Å²) in [5, 5.41) is 5.79. The molecular formula is C20H24N2O2. The third-order valence-corrected chi connectivity index (χ3v) is 4.27. The van der Waals surface area contributed by atoms with Crippen molar-refractivity contribution in [2.75, 3.05) is 11.9 Å². The topological polar surface area (TPSA) is 50.4 Å². The van der Waals surface area contributed by atoms with Gasteiger partial charge in [-0.05, 0) is 49.8 Å². The van der Waals surface area contributed by atoms with Gasteiger partial charge in [0.25, 0.3) is 0 Å². The largest absolute Gasteiger partial charge is 0.488 e. The van der Waals surface area contributed by atoms with E-state index >= 15 is 0 Å². The molecule has 1 saturated carbocycles. The highest BCUT2D eigenvalue weighted by Gasteiger charge is 2.18. The molecule has 0 bridgehead atoms. The number of carbonyl (C=O) groups is 1. The predicted octanol–water partition coefficient (Wildman–Crippen LogP) is 4.37. The van der Waals surface area contributed by atoms with Crippen LogP contribution in [0, 0.1) is 0 Å². The van der Waals surface area contributed by atoms with E-state index in [-0.39, 0.29) is 12.1 Å². The molecule has 2 aromatic carbocycles. The van der Waals surface area contributed by atoms with Crippen molar-refractivity contribution in [3.63, 3.8) is 0 Å². The molecule has 0 aliphatic heterocycles. The summed E-state index contributed by atoms with van der Waals surface area (Å²) in [6, 6.07) is 17.5. The second-order valence-electron chi connectivity index (χ2n) is 6.14. The van der Waals surface area contributed by atoms with Gasteiger partial charge >= 0.3 is 6.03 Å². The average molecular weight is 324 g/mol. The maximum absolute atomic E-state index is 12.1. The van der Waals surface area contributed by atoms with Crippen LogP contribution in [0.3, 0.4) is 0 Å². The maximum atomic E-state index is 12.1. The highest BCUT2D eigenvalue weighted by atomic mass is 16.5. The molecule has 0 unspecified atom stereocenters. The van der Waals surface area contributed by atoms with Crippen molar-refractivity contribution in [3.05, 3.63) is 60.2 Å². The Bertz CT molecular complexity index is 652. The van der Waals surface area contributed by atoms with E-state index < -0.39 is 0 Å². The van der Waals surface area contributed by atoms with E-state index in [0.29, 0.717) is 6.54 Å². The summed E-state index contributed by atoms with van der Waals surface area (Å²) in [6.45, 7) is 0.599. The summed E-state index contributed by atoms with van der Waals surface area (Å²) in [5.41, 5.74) is 1.93. The molecule has 2 aromatic rings. The van der Waals surface area contributed by atoms with Crippen molar-refractivity contribution in [1.29, 1.82) is 0 Å². The minimum atomic E-state index is -0.201. The number of anilines is 1. The lowest BCUT2D eigenvalue weighted by atomic mass is 10.1. The van der Waals surface area contributed by atoms with Crippen LogP contribution in [0.15, 0.2) is 54.6 Å². The first-order valence-corrected chi connectivity index (χ1v) is 8.66. The van der Waals surface area contributed by atoms with E-state index in [2.05, 4.69) is 22.8 Å². The molecule has 0 atom stereocenters. The van der Waals surface area contributed by atoms with Gasteiger partial charge in [0.2, 0.25) is 0 Å². The molecule has 3 rings (SSSR count). The van der Waals surface area contributed by atoms with Crippen LogP contribution in [0.1, 0.15) is 31.2 Å². The fourth-order valence-electron chi connectivity index (χ4n) is 2.99. The second kappa shape index (κ2) is 8.39. The van der Waals surface area contributed by atoms with Crippen LogP contribution < -0.4 is 15.4 Å². The van der Waals surface area contributed by atoms with E-state index in [0.717, 1.165) is 30.7 Å². The molecule has 24 heavy (non-hydrogen) atoms. The molecular weight excluding hydrogens is 300 g/mol. The molecule has 1 fully saturated rings. The van der Waals surface area contributed by atoms with Crippen molar-refractivity contribution < 1.29 is 9.53 Å². The van der Waals surface area contributed by atoms with Crippen LogP contribution in [0.2, 0.25) is 0 Å². The third-order valence-electron chi connectivity index (χ3n) is 4.27. The number of ether oxygens (including phenoxy) is 1. The standard InChI is InChI=1S/C20H24N2O2/c23-20(21-15-14-16-8-2-1-3-9-16)22-18-12-6-7-13-19(18)24-17-10-4-5-11-17/h1-3,6-9,12-13,17H,4-5,10-11,14-15H2,(H2,21,22,23). The molecule has 0 aromatic heterocycles. The lowest BCUT2D eigenvalue weighted by Crippen LogP contribution is -2.30. The number of hydrogen-bond acceptors (Lipinski definition) is 2. The van der Waals surface area contributed by atoms with Crippen molar-refractivity contribution in [1.82, 2.24) is 5.32 Å². The van der Waals surface area contributed by atoms with Gasteiger partial charge in [-0.2, -0.15) is 0 Å². The van der Waals surface area contributed by atoms with Gasteiger partial charge in [0, 0.05) is 6.54 Å². The molecule has 1 aliphatic carbocycles. The number of nitrogens with one attached hydrogen (secondary N) is 2. The Labute approximate surface area is 143 Å². The first-order chi connectivity index (χ1) is 11.8. The molecule has 2 amide bonds. The zero-order valence-corrected chi connectivity index (χ0v) is 13.8. The Morgan fingerprint density at radius 3 is 2.50 bits per heavy atom. The third kappa shape index (κ3) is 4.75. The number of carbonyl (C=O) groups excluding carboxylic acids is 1. The van der Waals surface area contributed by atoms with Gasteiger partial charge < -0.3 is 15.4 Å². The number of amides is 2. The fraction of sp³-hybridized carbons (Fsp3) is 0.350. The number of para-hydroxylation sites is 2. The quantitative estimate of drug-likeness (QED) is 0.829. The van der Waals surface area contributed by atoms with E-state index in [4.69, 9.17) is 4.74 Å². The molecule has 1 aliphatic rings. The van der Waals surface area contributed by atoms with E-state index in [1.54, 1.807) is 0 Å². The first-order valence-electron chi connectivity index (χ1n) is 8.66. The van der Waals surface area contributed by atoms with Gasteiger partial charge in [-0.3, -0.25) is 0 Å². The van der Waals surface area contributed by atoms with Crippen LogP contribution in [-0.4, -0.2) is 18.7 Å². The van der Waals surface area contributed by atoms with Gasteiger partial charge in [0.05, 0.1) is 11.8 Å². The van der Waals surface area contributed by atoms with Gasteiger partial charge in [0.1, 0.15) is 5.75 Å². The SMILES string of the molecule is O=C(NCCc1ccccc1)Nc1ccccc1OC1CCCC1. The van der Waals surface area contributed by atoms with Crippen LogP contribution in [0.25, 0.3) is 0 Å². The summed E-state index contributed by atoms with van der Waals surface area (Å²) in [5.74, 6) is 0.752. The Morgan fingerprint density at radius 1 is 1.00 bits per heavy atom. The van der Waals surface area contributed by atoms with Crippen molar-refractivity contribution in [3.8, 4) is 5.75 Å². The lowest BCUT2D eigenvalue weighted by molar-refractivity contribution is 0.211. The highest BCUT2D eigenvalue weighted by Crippen LogP contribution is 2.29. The van der Waals surface area contributed by atoms with E-state index in [1.165, 1.54) is 18.4 Å². The van der Waals surface area contributed by atoms with Crippen molar-refractivity contribution in [2.24, 2.45) is 0 Å². The molecule has 126 valence electrons. The van der Waals surface area contributed by atoms with Crippen molar-refractivity contribution in [2.45, 2.75) is 38.2 Å².